The number of para-hydroxylation sites is 6. The number of aromatic nitrogens is 8. The summed E-state index contributed by atoms with van der Waals surface area (Å²) in [6, 6.07) is 162. The second-order valence-corrected chi connectivity index (χ2v) is 42.2. The first-order valence-electron chi connectivity index (χ1n) is 50.5. The molecule has 12 heteroatoms. The third kappa shape index (κ3) is 12.9. The van der Waals surface area contributed by atoms with Crippen LogP contribution in [0, 0.1) is 0 Å². The van der Waals surface area contributed by atoms with Crippen molar-refractivity contribution in [2.75, 3.05) is 0 Å². The van der Waals surface area contributed by atoms with Gasteiger partial charge in [-0.3, -0.25) is 14.1 Å². The Morgan fingerprint density at radius 3 is 1.53 bits per heavy atom. The molecule has 0 N–H and O–H groups in total. The van der Waals surface area contributed by atoms with Crippen LogP contribution in [-0.2, 0) is 10.8 Å². The number of rotatable bonds is 7. The van der Waals surface area contributed by atoms with E-state index in [2.05, 4.69) is 458 Å². The zero-order chi connectivity index (χ0) is 97.9. The molecule has 0 bridgehead atoms. The van der Waals surface area contributed by atoms with Gasteiger partial charge in [-0.2, -0.15) is 0 Å². The molecule has 0 atom stereocenters. The van der Waals surface area contributed by atoms with Crippen molar-refractivity contribution in [1.29, 1.82) is 0 Å². The summed E-state index contributed by atoms with van der Waals surface area (Å²) < 4.78 is 27.6. The predicted octanol–water partition coefficient (Wildman–Crippen LogP) is 37.2. The van der Waals surface area contributed by atoms with Crippen LogP contribution in [-0.4, -0.2) is 38.2 Å². The van der Waals surface area contributed by atoms with E-state index >= 15 is 0 Å². The molecule has 2 aliphatic carbocycles. The first kappa shape index (κ1) is 85.2. The zero-order valence-electron chi connectivity index (χ0n) is 81.1. The van der Waals surface area contributed by atoms with Gasteiger partial charge >= 0.3 is 0 Å². The molecule has 0 aliphatic heterocycles. The van der Waals surface area contributed by atoms with E-state index in [0.717, 1.165) is 99.9 Å². The van der Waals surface area contributed by atoms with Gasteiger partial charge in [-0.25, -0.2) is 15.0 Å². The zero-order valence-corrected chi connectivity index (χ0v) is 82.7. The second-order valence-electron chi connectivity index (χ2n) is 40.1. The molecule has 148 heavy (non-hydrogen) atoms. The van der Waals surface area contributed by atoms with Gasteiger partial charge < -0.3 is 18.0 Å². The smallest absolute Gasteiger partial charge is 0.236 e. The molecule has 10 nitrogen and oxygen atoms in total. The Balaban J connectivity index is 0.0000000915. The van der Waals surface area contributed by atoms with Gasteiger partial charge in [-0.1, -0.05) is 337 Å². The lowest BCUT2D eigenvalue weighted by Crippen LogP contribution is -2.15. The molecule has 696 valence electrons. The fraction of sp³-hybridized carbons (Fsp3) is 0.0441. The summed E-state index contributed by atoms with van der Waals surface area (Å²) in [6.07, 6.45) is 1.91. The van der Waals surface area contributed by atoms with Crippen molar-refractivity contribution in [2.24, 2.45) is 0 Å². The van der Waals surface area contributed by atoms with Crippen LogP contribution in [0.15, 0.2) is 470 Å². The second kappa shape index (κ2) is 33.0. The molecule has 0 amide bonds. The molecule has 0 saturated heterocycles. The van der Waals surface area contributed by atoms with E-state index in [1.165, 1.54) is 183 Å². The van der Waals surface area contributed by atoms with Gasteiger partial charge in [0.1, 0.15) is 33.8 Å². The molecule has 0 unspecified atom stereocenters. The maximum atomic E-state index is 6.65. The summed E-state index contributed by atoms with van der Waals surface area (Å²) in [5, 5.41) is 22.1. The first-order valence-corrected chi connectivity index (χ1v) is 52.2. The Hall–Kier alpha value is -18.5. The van der Waals surface area contributed by atoms with E-state index in [1.807, 2.05) is 71.3 Å². The maximum Gasteiger partial charge on any atom is 0.236 e. The standard InChI is InChI=1S/C39H27NO.C36H26N2.C34H19N3OS.C27H16N2S/c1-39(2)32-14-8-6-12-27(32)28-18-17-26(23-33(28)39)40-34-15-9-7-13-30(34)37-35(40)20-19-29-31-22-25(24-10-4-3-5-11-24)16-21-36(31)41-38(29)37;1-36(2)30-16-7-5-14-27(30)28-18-19-32-33(34(28)36)29-15-6-8-17-31(29)38(32)25-12-9-11-24(22-25)35-26-13-4-3-10-23(26)20-21-37-35;1-2-10-20(11-3-1)31-33-32(22-13-5-8-16-26(22)38-33)36-34(35-31)37-24-15-7-4-12-21(24)29-25(37)18-19-28-30(29)23-14-6-9-17-27(23)39-28;1-4-10-21-17(7-1)13-16-25(28-21)29-22-11-5-2-9-20(22)26-23(29)15-14-19-18-8-3-6-12-24(18)30-27(19)26/h3-23H,1-2H3;3-22H,1-2H3;1-19H;1-16H. The van der Waals surface area contributed by atoms with E-state index in [-0.39, 0.29) is 10.8 Å². The molecule has 33 rings (SSSR count). The van der Waals surface area contributed by atoms with Crippen LogP contribution in [0.25, 0.3) is 272 Å². The Kier molecular flexibility index (Phi) is 19.0. The average molecular weight is 1930 g/mol. The average Bonchev–Trinajstić information content (AvgIpc) is 1.54. The van der Waals surface area contributed by atoms with Crippen LogP contribution in [0.4, 0.5) is 0 Å². The van der Waals surface area contributed by atoms with Crippen LogP contribution >= 0.6 is 22.7 Å². The van der Waals surface area contributed by atoms with Gasteiger partial charge in [-0.15, -0.1) is 22.7 Å². The molecule has 0 saturated carbocycles. The SMILES string of the molecule is CC1(C)c2ccccc2-c2ccc(-n3c4ccccc4c4c5oc6ccc(-c7ccccc7)cc6c5ccc43)cc21.CC1(C)c2ccccc2-c2ccc3c(c21)c1ccccc1n3-c1cccc(-c2nccc3ccccc23)c1.c1ccc(-c2nc(-n3c4ccccc4c4c5c(ccc43)sc3ccccc35)nc3c2oc2ccccc23)cc1.c1ccc2nc(-n3c4ccccc4c4c5sc6ccccc6c5ccc43)ccc2c1. The monoisotopic (exact) mass is 1930 g/mol. The van der Waals surface area contributed by atoms with Crippen molar-refractivity contribution in [1.82, 2.24) is 38.2 Å². The van der Waals surface area contributed by atoms with E-state index in [0.29, 0.717) is 11.5 Å². The molecule has 0 radical (unpaired) electrons. The number of hydrogen-bond donors (Lipinski definition) is 0. The summed E-state index contributed by atoms with van der Waals surface area (Å²) in [6.45, 7) is 9.43. The van der Waals surface area contributed by atoms with Gasteiger partial charge in [0, 0.05) is 145 Å². The van der Waals surface area contributed by atoms with Crippen molar-refractivity contribution in [3.63, 3.8) is 0 Å². The minimum Gasteiger partial charge on any atom is -0.455 e. The number of pyridine rings is 2. The highest BCUT2D eigenvalue weighted by molar-refractivity contribution is 7.27. The summed E-state index contributed by atoms with van der Waals surface area (Å²) in [4.78, 5) is 20.2. The Bertz CT molecular complexity index is 11000. The summed E-state index contributed by atoms with van der Waals surface area (Å²) in [5.41, 5.74) is 34.2. The van der Waals surface area contributed by atoms with Crippen LogP contribution in [0.3, 0.4) is 0 Å². The van der Waals surface area contributed by atoms with Crippen molar-refractivity contribution in [3.05, 3.63) is 483 Å². The normalized spacial score (nSPS) is 13.0. The minimum atomic E-state index is -0.0743. The molecule has 20 aromatic carbocycles. The van der Waals surface area contributed by atoms with Crippen LogP contribution in [0.2, 0.25) is 0 Å². The molecule has 31 aromatic rings. The van der Waals surface area contributed by atoms with Crippen molar-refractivity contribution >= 4 is 216 Å². The van der Waals surface area contributed by atoms with Crippen molar-refractivity contribution in [3.8, 4) is 79.0 Å². The van der Waals surface area contributed by atoms with Gasteiger partial charge in [-0.05, 0) is 207 Å². The molecule has 11 heterocycles. The Labute approximate surface area is 857 Å². The third-order valence-corrected chi connectivity index (χ3v) is 33.6. The number of fused-ring (bicyclic) bond motifs is 36. The van der Waals surface area contributed by atoms with Gasteiger partial charge in [0.05, 0.1) is 60.7 Å². The van der Waals surface area contributed by atoms with Gasteiger partial charge in [0.15, 0.2) is 5.58 Å². The van der Waals surface area contributed by atoms with E-state index in [1.54, 1.807) is 0 Å². The number of hydrogen-bond acceptors (Lipinski definition) is 8. The van der Waals surface area contributed by atoms with Crippen LogP contribution < -0.4 is 0 Å². The largest absolute Gasteiger partial charge is 0.455 e. The molecular formula is C136H88N8O2S2. The maximum absolute atomic E-state index is 6.65. The summed E-state index contributed by atoms with van der Waals surface area (Å²) >= 11 is 3.72. The lowest BCUT2D eigenvalue weighted by atomic mass is 9.80. The number of thiophene rings is 2. The van der Waals surface area contributed by atoms with Crippen LogP contribution in [0.1, 0.15) is 49.9 Å². The fourth-order valence-electron chi connectivity index (χ4n) is 24.6. The Morgan fingerprint density at radius 1 is 0.250 bits per heavy atom. The lowest BCUT2D eigenvalue weighted by molar-refractivity contribution is 0.660. The highest BCUT2D eigenvalue weighted by Gasteiger charge is 2.40. The predicted molar refractivity (Wildman–Crippen MR) is 621 cm³/mol. The molecule has 0 spiro atoms. The summed E-state index contributed by atoms with van der Waals surface area (Å²) in [5.74, 6) is 1.60. The van der Waals surface area contributed by atoms with Crippen molar-refractivity contribution < 1.29 is 8.83 Å². The van der Waals surface area contributed by atoms with Crippen molar-refractivity contribution in [2.45, 2.75) is 38.5 Å². The first-order chi connectivity index (χ1) is 72.9. The topological polar surface area (TPSA) is 97.6 Å². The molecule has 2 aliphatic rings. The number of nitrogens with zero attached hydrogens (tertiary/aromatic N) is 8. The quantitative estimate of drug-likeness (QED) is 0.158. The van der Waals surface area contributed by atoms with E-state index in [9.17, 15) is 0 Å². The number of benzene rings is 20. The fourth-order valence-corrected chi connectivity index (χ4v) is 27.0. The summed E-state index contributed by atoms with van der Waals surface area (Å²) in [7, 11) is 0. The molecular weight excluding hydrogens is 1840 g/mol. The molecule has 0 fully saturated rings. The highest BCUT2D eigenvalue weighted by Crippen LogP contribution is 2.56. The number of furan rings is 2. The molecule has 11 aromatic heterocycles. The van der Waals surface area contributed by atoms with Crippen LogP contribution in [0.5, 0.6) is 0 Å². The minimum absolute atomic E-state index is 0.0524. The Morgan fingerprint density at radius 2 is 0.777 bits per heavy atom. The highest BCUT2D eigenvalue weighted by atomic mass is 32.1. The lowest BCUT2D eigenvalue weighted by Gasteiger charge is -2.22. The van der Waals surface area contributed by atoms with Gasteiger partial charge in [0.25, 0.3) is 0 Å². The third-order valence-electron chi connectivity index (χ3n) is 31.2. The van der Waals surface area contributed by atoms with E-state index in [4.69, 9.17) is 28.8 Å². The van der Waals surface area contributed by atoms with Gasteiger partial charge in [0.2, 0.25) is 5.95 Å². The van der Waals surface area contributed by atoms with E-state index < -0.39 is 0 Å².